The van der Waals surface area contributed by atoms with Gasteiger partial charge in [-0.2, -0.15) is 0 Å². The quantitative estimate of drug-likeness (QED) is 0.750. The Morgan fingerprint density at radius 2 is 1.39 bits per heavy atom. The minimum absolute atomic E-state index is 0.338. The first kappa shape index (κ1) is 17.6. The lowest BCUT2D eigenvalue weighted by molar-refractivity contribution is 0.0345. The van der Waals surface area contributed by atoms with Crippen molar-refractivity contribution in [1.82, 2.24) is 4.90 Å². The van der Waals surface area contributed by atoms with E-state index in [-0.39, 0.29) is 0 Å². The molecule has 0 saturated heterocycles. The average Bonchev–Trinajstić information content (AvgIpc) is 2.57. The predicted octanol–water partition coefficient (Wildman–Crippen LogP) is 4.19. The van der Waals surface area contributed by atoms with Gasteiger partial charge in [0.25, 0.3) is 0 Å². The van der Waals surface area contributed by atoms with E-state index in [4.69, 9.17) is 0 Å². The van der Waals surface area contributed by atoms with Crippen molar-refractivity contribution in [2.45, 2.75) is 45.1 Å². The number of aliphatic hydroxyl groups is 1. The molecule has 0 aliphatic heterocycles. The number of alkyl halides is 1. The summed E-state index contributed by atoms with van der Waals surface area (Å²) in [5.74, 6) is 0. The summed E-state index contributed by atoms with van der Waals surface area (Å²) in [6.07, 6.45) is -0.946. The number of hydrogen-bond acceptors (Lipinski definition) is 2. The maximum Gasteiger partial charge on any atom is 0.127 e. The maximum absolute atomic E-state index is 14.0. The Hall–Kier alpha value is -1.71. The smallest absolute Gasteiger partial charge is 0.127 e. The molecule has 2 aromatic carbocycles. The fraction of sp³-hybridized carbons (Fsp3) is 0.400. The average molecular weight is 315 g/mol. The zero-order valence-corrected chi connectivity index (χ0v) is 13.7. The highest BCUT2D eigenvalue weighted by atomic mass is 19.1. The Balaban J connectivity index is 2.04. The Bertz CT molecular complexity index is 505. The van der Waals surface area contributed by atoms with Crippen LogP contribution < -0.4 is 0 Å². The molecule has 0 aromatic heterocycles. The summed E-state index contributed by atoms with van der Waals surface area (Å²) in [6, 6.07) is 20.2. The van der Waals surface area contributed by atoms with Gasteiger partial charge in [-0.25, -0.2) is 4.39 Å². The van der Waals surface area contributed by atoms with Crippen molar-refractivity contribution >= 4 is 0 Å². The number of nitrogens with zero attached hydrogens (tertiary/aromatic N) is 1. The Morgan fingerprint density at radius 1 is 0.913 bits per heavy atom. The van der Waals surface area contributed by atoms with E-state index in [1.54, 1.807) is 0 Å². The van der Waals surface area contributed by atoms with Crippen LogP contribution in [0.1, 0.15) is 30.9 Å². The van der Waals surface area contributed by atoms with Crippen LogP contribution in [0.25, 0.3) is 0 Å². The summed E-state index contributed by atoms with van der Waals surface area (Å²) in [5.41, 5.74) is 2.34. The first-order valence-electron chi connectivity index (χ1n) is 8.31. The van der Waals surface area contributed by atoms with Gasteiger partial charge in [0.05, 0.1) is 6.10 Å². The molecule has 1 unspecified atom stereocenters. The predicted molar refractivity (Wildman–Crippen MR) is 92.8 cm³/mol. The van der Waals surface area contributed by atoms with Crippen molar-refractivity contribution in [2.24, 2.45) is 0 Å². The molecular weight excluding hydrogens is 289 g/mol. The van der Waals surface area contributed by atoms with Crippen LogP contribution in [0.4, 0.5) is 4.39 Å². The van der Waals surface area contributed by atoms with Gasteiger partial charge in [0.2, 0.25) is 0 Å². The molecule has 1 N–H and O–H groups in total. The second-order valence-electron chi connectivity index (χ2n) is 6.01. The molecule has 2 nitrogen and oxygen atoms in total. The van der Waals surface area contributed by atoms with Gasteiger partial charge < -0.3 is 5.11 Å². The van der Waals surface area contributed by atoms with Gasteiger partial charge in [0, 0.05) is 19.6 Å². The highest BCUT2D eigenvalue weighted by Crippen LogP contribution is 2.14. The number of hydrogen-bond donors (Lipinski definition) is 1. The summed E-state index contributed by atoms with van der Waals surface area (Å²) in [4.78, 5) is 2.11. The first-order chi connectivity index (χ1) is 11.2. The third-order valence-electron chi connectivity index (χ3n) is 3.93. The molecule has 2 atom stereocenters. The minimum atomic E-state index is -1.16. The Kier molecular flexibility index (Phi) is 7.24. The van der Waals surface area contributed by atoms with Crippen molar-refractivity contribution in [1.29, 1.82) is 0 Å². The molecule has 0 aliphatic carbocycles. The van der Waals surface area contributed by atoms with Crippen molar-refractivity contribution in [2.75, 3.05) is 6.54 Å². The van der Waals surface area contributed by atoms with Crippen LogP contribution in [0.3, 0.4) is 0 Å². The standard InChI is InChI=1S/C20H26FNO/c1-2-9-19(21)20(23)16-22(14-17-10-5-3-6-11-17)15-18-12-7-4-8-13-18/h3-8,10-13,19-20,23H,2,9,14-16H2,1H3/t19?,20-/m1/s1. The van der Waals surface area contributed by atoms with Gasteiger partial charge in [0.15, 0.2) is 0 Å². The maximum atomic E-state index is 14.0. The normalized spacial score (nSPS) is 13.9. The van der Waals surface area contributed by atoms with Crippen molar-refractivity contribution in [3.63, 3.8) is 0 Å². The number of benzene rings is 2. The molecule has 0 spiro atoms. The highest BCUT2D eigenvalue weighted by molar-refractivity contribution is 5.17. The van der Waals surface area contributed by atoms with E-state index in [2.05, 4.69) is 29.2 Å². The molecule has 0 heterocycles. The van der Waals surface area contributed by atoms with Crippen LogP contribution in [0, 0.1) is 0 Å². The van der Waals surface area contributed by atoms with Crippen LogP contribution in [0.5, 0.6) is 0 Å². The first-order valence-corrected chi connectivity index (χ1v) is 8.31. The largest absolute Gasteiger partial charge is 0.389 e. The van der Waals surface area contributed by atoms with Crippen LogP contribution >= 0.6 is 0 Å². The van der Waals surface area contributed by atoms with E-state index < -0.39 is 12.3 Å². The van der Waals surface area contributed by atoms with Crippen molar-refractivity contribution in [3.05, 3.63) is 71.8 Å². The lowest BCUT2D eigenvalue weighted by Gasteiger charge is -2.27. The molecule has 2 aromatic rings. The number of halogens is 1. The number of rotatable bonds is 9. The lowest BCUT2D eigenvalue weighted by Crippen LogP contribution is -2.37. The van der Waals surface area contributed by atoms with Crippen LogP contribution in [-0.2, 0) is 13.1 Å². The van der Waals surface area contributed by atoms with Gasteiger partial charge in [-0.3, -0.25) is 4.90 Å². The fourth-order valence-electron chi connectivity index (χ4n) is 2.72. The van der Waals surface area contributed by atoms with Crippen molar-refractivity contribution < 1.29 is 9.50 Å². The molecule has 0 saturated carbocycles. The topological polar surface area (TPSA) is 23.5 Å². The third kappa shape index (κ3) is 6.12. The van der Waals surface area contributed by atoms with Crippen LogP contribution in [-0.4, -0.2) is 28.8 Å². The van der Waals surface area contributed by atoms with Gasteiger partial charge in [-0.05, 0) is 17.5 Å². The summed E-state index contributed by atoms with van der Waals surface area (Å²) in [7, 11) is 0. The van der Waals surface area contributed by atoms with E-state index in [1.807, 2.05) is 43.3 Å². The number of aliphatic hydroxyl groups excluding tert-OH is 1. The van der Waals surface area contributed by atoms with E-state index in [0.717, 1.165) is 6.42 Å². The summed E-state index contributed by atoms with van der Waals surface area (Å²) in [5, 5.41) is 10.2. The van der Waals surface area contributed by atoms with E-state index >= 15 is 0 Å². The molecular formula is C20H26FNO. The van der Waals surface area contributed by atoms with Gasteiger partial charge in [0.1, 0.15) is 6.17 Å². The molecule has 2 rings (SSSR count). The second-order valence-corrected chi connectivity index (χ2v) is 6.01. The van der Waals surface area contributed by atoms with Crippen LogP contribution in [0.2, 0.25) is 0 Å². The highest BCUT2D eigenvalue weighted by Gasteiger charge is 2.21. The Morgan fingerprint density at radius 3 is 1.83 bits per heavy atom. The zero-order chi connectivity index (χ0) is 16.5. The van der Waals surface area contributed by atoms with Gasteiger partial charge in [-0.15, -0.1) is 0 Å². The van der Waals surface area contributed by atoms with Crippen LogP contribution in [0.15, 0.2) is 60.7 Å². The molecule has 0 fully saturated rings. The molecule has 3 heteroatoms. The molecule has 23 heavy (non-hydrogen) atoms. The second kappa shape index (κ2) is 9.43. The third-order valence-corrected chi connectivity index (χ3v) is 3.93. The van der Waals surface area contributed by atoms with Crippen molar-refractivity contribution in [3.8, 4) is 0 Å². The Labute approximate surface area is 138 Å². The fourth-order valence-corrected chi connectivity index (χ4v) is 2.72. The summed E-state index contributed by atoms with van der Waals surface area (Å²) >= 11 is 0. The van der Waals surface area contributed by atoms with E-state index in [0.29, 0.717) is 26.1 Å². The molecule has 0 radical (unpaired) electrons. The van der Waals surface area contributed by atoms with Gasteiger partial charge >= 0.3 is 0 Å². The summed E-state index contributed by atoms with van der Waals surface area (Å²) in [6.45, 7) is 3.67. The van der Waals surface area contributed by atoms with E-state index in [1.165, 1.54) is 11.1 Å². The SMILES string of the molecule is CCCC(F)[C@H](O)CN(Cc1ccccc1)Cc1ccccc1. The molecule has 0 aliphatic rings. The molecule has 0 amide bonds. The minimum Gasteiger partial charge on any atom is -0.389 e. The molecule has 0 bridgehead atoms. The summed E-state index contributed by atoms with van der Waals surface area (Å²) < 4.78 is 14.0. The lowest BCUT2D eigenvalue weighted by atomic mass is 10.1. The van der Waals surface area contributed by atoms with E-state index in [9.17, 15) is 9.50 Å². The zero-order valence-electron chi connectivity index (χ0n) is 13.7. The van der Waals surface area contributed by atoms with Gasteiger partial charge in [-0.1, -0.05) is 74.0 Å². The molecule has 124 valence electrons. The monoisotopic (exact) mass is 315 g/mol.